The minimum atomic E-state index is -0.782. The molecule has 0 spiro atoms. The summed E-state index contributed by atoms with van der Waals surface area (Å²) in [6.45, 7) is 6.64. The van der Waals surface area contributed by atoms with Gasteiger partial charge >= 0.3 is 17.9 Å². The van der Waals surface area contributed by atoms with Crippen molar-refractivity contribution >= 4 is 17.9 Å². The maximum absolute atomic E-state index is 12.9. The van der Waals surface area contributed by atoms with E-state index in [4.69, 9.17) is 14.2 Å². The lowest BCUT2D eigenvalue weighted by atomic mass is 10.0. The molecule has 0 radical (unpaired) electrons. The fraction of sp³-hybridized carbons (Fsp3) is 0.827. The molecule has 0 aromatic carbocycles. The summed E-state index contributed by atoms with van der Waals surface area (Å²) in [6.07, 6.45) is 89.7. The third-order valence-corrected chi connectivity index (χ3v) is 16.0. The van der Waals surface area contributed by atoms with Crippen LogP contribution in [0.1, 0.15) is 380 Å². The van der Waals surface area contributed by atoms with Crippen LogP contribution in [0.4, 0.5) is 0 Å². The van der Waals surface area contributed by atoms with Crippen LogP contribution < -0.4 is 0 Å². The smallest absolute Gasteiger partial charge is 0.306 e. The van der Waals surface area contributed by atoms with Crippen LogP contribution in [0.15, 0.2) is 60.8 Å². The number of allylic oxidation sites excluding steroid dienone is 10. The molecule has 0 fully saturated rings. The van der Waals surface area contributed by atoms with Crippen LogP contribution in [0, 0.1) is 0 Å². The van der Waals surface area contributed by atoms with Crippen molar-refractivity contribution in [1.29, 1.82) is 0 Å². The third-order valence-electron chi connectivity index (χ3n) is 16.0. The van der Waals surface area contributed by atoms with Crippen molar-refractivity contribution in [2.45, 2.75) is 386 Å². The van der Waals surface area contributed by atoms with E-state index in [1.807, 2.05) is 0 Å². The molecular weight excluding hydrogens is 997 g/mol. The van der Waals surface area contributed by atoms with Gasteiger partial charge in [-0.15, -0.1) is 0 Å². The van der Waals surface area contributed by atoms with Gasteiger partial charge in [-0.2, -0.15) is 0 Å². The summed E-state index contributed by atoms with van der Waals surface area (Å²) in [6, 6.07) is 0. The van der Waals surface area contributed by atoms with Gasteiger partial charge in [-0.3, -0.25) is 14.4 Å². The molecule has 0 heterocycles. The normalized spacial score (nSPS) is 12.4. The second-order valence-electron chi connectivity index (χ2n) is 24.1. The minimum absolute atomic E-state index is 0.0764. The Kier molecular flexibility index (Phi) is 67.1. The van der Waals surface area contributed by atoms with Gasteiger partial charge in [0, 0.05) is 19.3 Å². The zero-order valence-corrected chi connectivity index (χ0v) is 54.3. The molecule has 0 saturated heterocycles. The molecule has 81 heavy (non-hydrogen) atoms. The molecule has 0 aromatic rings. The fourth-order valence-electron chi connectivity index (χ4n) is 10.6. The monoisotopic (exact) mass is 1130 g/mol. The van der Waals surface area contributed by atoms with Gasteiger partial charge in [-0.25, -0.2) is 0 Å². The Balaban J connectivity index is 4.20. The van der Waals surface area contributed by atoms with Gasteiger partial charge in [0.1, 0.15) is 13.2 Å². The van der Waals surface area contributed by atoms with E-state index in [0.29, 0.717) is 19.3 Å². The molecule has 6 heteroatoms. The summed E-state index contributed by atoms with van der Waals surface area (Å²) in [5, 5.41) is 0. The number of esters is 3. The lowest BCUT2D eigenvalue weighted by Gasteiger charge is -2.18. The first-order valence-electron chi connectivity index (χ1n) is 35.8. The van der Waals surface area contributed by atoms with Crippen molar-refractivity contribution in [3.8, 4) is 0 Å². The second kappa shape index (κ2) is 69.6. The molecule has 1 unspecified atom stereocenters. The van der Waals surface area contributed by atoms with Crippen LogP contribution in [-0.2, 0) is 28.6 Å². The molecule has 6 nitrogen and oxygen atoms in total. The van der Waals surface area contributed by atoms with E-state index < -0.39 is 6.10 Å². The maximum Gasteiger partial charge on any atom is 0.306 e. The molecule has 0 aliphatic rings. The molecule has 0 aliphatic carbocycles. The Morgan fingerprint density at radius 2 is 0.444 bits per heavy atom. The summed E-state index contributed by atoms with van der Waals surface area (Å²) < 4.78 is 17.0. The Morgan fingerprint density at radius 1 is 0.247 bits per heavy atom. The zero-order valence-electron chi connectivity index (χ0n) is 54.3. The molecule has 0 saturated carbocycles. The van der Waals surface area contributed by atoms with Crippen molar-refractivity contribution in [2.24, 2.45) is 0 Å². The number of rotatable bonds is 66. The largest absolute Gasteiger partial charge is 0.462 e. The maximum atomic E-state index is 12.9. The average molecular weight is 1130 g/mol. The van der Waals surface area contributed by atoms with Crippen molar-refractivity contribution in [3.63, 3.8) is 0 Å². The highest BCUT2D eigenvalue weighted by atomic mass is 16.6. The van der Waals surface area contributed by atoms with Crippen molar-refractivity contribution in [3.05, 3.63) is 60.8 Å². The number of unbranched alkanes of at least 4 members (excludes halogenated alkanes) is 45. The van der Waals surface area contributed by atoms with Crippen LogP contribution in [-0.4, -0.2) is 37.2 Å². The number of carbonyl (C=O) groups excluding carboxylic acids is 3. The molecule has 0 aliphatic heterocycles. The van der Waals surface area contributed by atoms with E-state index in [0.717, 1.165) is 83.5 Å². The quantitative estimate of drug-likeness (QED) is 0.0261. The summed E-state index contributed by atoms with van der Waals surface area (Å²) in [5.41, 5.74) is 0. The number of ether oxygens (including phenoxy) is 3. The summed E-state index contributed by atoms with van der Waals surface area (Å²) in [4.78, 5) is 38.4. The Morgan fingerprint density at radius 3 is 0.716 bits per heavy atom. The predicted octanol–water partition coefficient (Wildman–Crippen LogP) is 24.7. The molecule has 0 amide bonds. The van der Waals surface area contributed by atoms with Gasteiger partial charge in [0.05, 0.1) is 0 Å². The van der Waals surface area contributed by atoms with E-state index in [1.165, 1.54) is 257 Å². The summed E-state index contributed by atoms with van der Waals surface area (Å²) in [7, 11) is 0. The third kappa shape index (κ3) is 67.8. The van der Waals surface area contributed by atoms with Gasteiger partial charge in [-0.05, 0) is 109 Å². The first-order valence-corrected chi connectivity index (χ1v) is 35.8. The van der Waals surface area contributed by atoms with Crippen LogP contribution in [0.2, 0.25) is 0 Å². The number of hydrogen-bond acceptors (Lipinski definition) is 6. The molecule has 0 rings (SSSR count). The van der Waals surface area contributed by atoms with Crippen LogP contribution in [0.25, 0.3) is 0 Å². The van der Waals surface area contributed by atoms with E-state index in [9.17, 15) is 14.4 Å². The summed E-state index contributed by atoms with van der Waals surface area (Å²) in [5.74, 6) is -0.870. The molecule has 0 N–H and O–H groups in total. The van der Waals surface area contributed by atoms with E-state index in [1.54, 1.807) is 0 Å². The highest BCUT2D eigenvalue weighted by Crippen LogP contribution is 2.18. The first-order chi connectivity index (χ1) is 40.0. The molecule has 1 atom stereocenters. The fourth-order valence-corrected chi connectivity index (χ4v) is 10.6. The van der Waals surface area contributed by atoms with Gasteiger partial charge in [-0.1, -0.05) is 313 Å². The minimum Gasteiger partial charge on any atom is -0.462 e. The Bertz CT molecular complexity index is 1440. The standard InChI is InChI=1S/C75H136O6/c1-4-7-10-13-16-19-22-25-28-30-31-32-33-34-35-36-37-38-39-40-41-42-43-45-47-50-53-56-59-62-65-68-74(77)80-71-72(70-79-73(76)67-64-61-58-55-52-49-46-27-24-21-18-15-12-9-6-3)81-75(78)69-66-63-60-57-54-51-48-44-29-26-23-20-17-14-11-8-5-2/h17,20,22,25-27,29-31,46,72H,4-16,18-19,21,23-24,28,32-45,47-71H2,1-3H3/b20-17-,25-22-,29-26-,31-30-,46-27-. The Labute approximate surface area is 504 Å². The average Bonchev–Trinajstić information content (AvgIpc) is 3.47. The molecular formula is C75H136O6. The number of hydrogen-bond donors (Lipinski definition) is 0. The highest BCUT2D eigenvalue weighted by Gasteiger charge is 2.19. The van der Waals surface area contributed by atoms with Crippen molar-refractivity contribution in [2.75, 3.05) is 13.2 Å². The van der Waals surface area contributed by atoms with E-state index >= 15 is 0 Å². The van der Waals surface area contributed by atoms with E-state index in [2.05, 4.69) is 81.5 Å². The molecule has 0 aromatic heterocycles. The molecule has 0 bridgehead atoms. The Hall–Kier alpha value is -2.89. The summed E-state index contributed by atoms with van der Waals surface area (Å²) >= 11 is 0. The zero-order chi connectivity index (χ0) is 58.5. The first kappa shape index (κ1) is 78.1. The van der Waals surface area contributed by atoms with Gasteiger partial charge < -0.3 is 14.2 Å². The van der Waals surface area contributed by atoms with Crippen LogP contribution >= 0.6 is 0 Å². The lowest BCUT2D eigenvalue weighted by Crippen LogP contribution is -2.30. The van der Waals surface area contributed by atoms with Crippen molar-refractivity contribution < 1.29 is 28.6 Å². The van der Waals surface area contributed by atoms with Crippen LogP contribution in [0.5, 0.6) is 0 Å². The van der Waals surface area contributed by atoms with E-state index in [-0.39, 0.29) is 31.1 Å². The van der Waals surface area contributed by atoms with Crippen LogP contribution in [0.3, 0.4) is 0 Å². The van der Waals surface area contributed by atoms with Gasteiger partial charge in [0.15, 0.2) is 6.10 Å². The number of carbonyl (C=O) groups is 3. The van der Waals surface area contributed by atoms with Crippen molar-refractivity contribution in [1.82, 2.24) is 0 Å². The highest BCUT2D eigenvalue weighted by molar-refractivity contribution is 5.71. The van der Waals surface area contributed by atoms with Gasteiger partial charge in [0.25, 0.3) is 0 Å². The van der Waals surface area contributed by atoms with Gasteiger partial charge in [0.2, 0.25) is 0 Å². The SMILES string of the molecule is CCCCC/C=C\C/C=C\CCCCCCCCCC(=O)OC(COC(=O)CCCCCCC/C=C\CCCCCCCC)COC(=O)CCCCCCCCCCCCCCCCCCCCC/C=C\C/C=C\CCCCCCC. The topological polar surface area (TPSA) is 78.9 Å². The predicted molar refractivity (Wildman–Crippen MR) is 353 cm³/mol. The lowest BCUT2D eigenvalue weighted by molar-refractivity contribution is -0.167. The molecule has 472 valence electrons. The second-order valence-corrected chi connectivity index (χ2v) is 24.1.